The van der Waals surface area contributed by atoms with Gasteiger partial charge in [0.25, 0.3) is 0 Å². The largest absolute Gasteiger partial charge is 0.507 e. The van der Waals surface area contributed by atoms with Crippen LogP contribution in [0.1, 0.15) is 58.4 Å². The maximum absolute atomic E-state index is 11.0. The lowest BCUT2D eigenvalue weighted by atomic mass is 9.78. The zero-order valence-corrected chi connectivity index (χ0v) is 22.3. The predicted octanol–water partition coefficient (Wildman–Crippen LogP) is 7.26. The first-order valence-corrected chi connectivity index (χ1v) is 10.5. The van der Waals surface area contributed by atoms with Crippen LogP contribution < -0.4 is 4.90 Å². The third-order valence-electron chi connectivity index (χ3n) is 5.54. The molecule has 0 spiro atoms. The SMILES string of the molecule is Cc1[nH]c(-c2cc(C(C)(C)C)c(O)c(C(C)(C)C)c2)nc1-c1ccc(N(C)C)cc1.Cl.Cl. The van der Waals surface area contributed by atoms with E-state index in [1.165, 1.54) is 0 Å². The fourth-order valence-corrected chi connectivity index (χ4v) is 3.71. The fraction of sp³-hybridized carbons (Fsp3) is 0.423. The van der Waals surface area contributed by atoms with Crippen molar-refractivity contribution in [2.45, 2.75) is 59.3 Å². The maximum atomic E-state index is 11.0. The summed E-state index contributed by atoms with van der Waals surface area (Å²) < 4.78 is 0. The molecule has 1 heterocycles. The number of hydrogen-bond donors (Lipinski definition) is 2. The third-order valence-corrected chi connectivity index (χ3v) is 5.54. The van der Waals surface area contributed by atoms with Gasteiger partial charge < -0.3 is 15.0 Å². The molecule has 176 valence electrons. The number of rotatable bonds is 3. The Labute approximate surface area is 205 Å². The van der Waals surface area contributed by atoms with Crippen LogP contribution in [0.3, 0.4) is 0 Å². The number of aryl methyl sites for hydroxylation is 1. The molecule has 0 aliphatic carbocycles. The monoisotopic (exact) mass is 477 g/mol. The topological polar surface area (TPSA) is 52.1 Å². The van der Waals surface area contributed by atoms with E-state index in [4.69, 9.17) is 4.98 Å². The number of phenols is 1. The molecule has 0 atom stereocenters. The third kappa shape index (κ3) is 5.60. The predicted molar refractivity (Wildman–Crippen MR) is 142 cm³/mol. The lowest BCUT2D eigenvalue weighted by molar-refractivity contribution is 0.423. The molecular weight excluding hydrogens is 441 g/mol. The van der Waals surface area contributed by atoms with Gasteiger partial charge in [-0.25, -0.2) is 4.98 Å². The number of benzene rings is 2. The van der Waals surface area contributed by atoms with Crippen molar-refractivity contribution in [2.24, 2.45) is 0 Å². The van der Waals surface area contributed by atoms with Crippen LogP contribution in [0.15, 0.2) is 36.4 Å². The van der Waals surface area contributed by atoms with Gasteiger partial charge >= 0.3 is 0 Å². The molecule has 0 unspecified atom stereocenters. The summed E-state index contributed by atoms with van der Waals surface area (Å²) in [5.74, 6) is 1.22. The van der Waals surface area contributed by atoms with Crippen LogP contribution in [-0.2, 0) is 10.8 Å². The average Bonchev–Trinajstić information content (AvgIpc) is 3.01. The molecule has 0 saturated carbocycles. The molecule has 2 N–H and O–H groups in total. The Kier molecular flexibility index (Phi) is 8.50. The molecule has 0 aliphatic rings. The summed E-state index contributed by atoms with van der Waals surface area (Å²) in [6.07, 6.45) is 0. The second kappa shape index (κ2) is 9.76. The molecule has 0 aliphatic heterocycles. The molecule has 4 nitrogen and oxygen atoms in total. The molecule has 32 heavy (non-hydrogen) atoms. The number of nitrogens with zero attached hydrogens (tertiary/aromatic N) is 2. The Balaban J connectivity index is 0.00000256. The van der Waals surface area contributed by atoms with Crippen molar-refractivity contribution in [3.63, 3.8) is 0 Å². The normalized spacial score (nSPS) is 11.5. The number of aromatic hydroxyl groups is 1. The van der Waals surface area contributed by atoms with E-state index in [9.17, 15) is 5.11 Å². The Morgan fingerprint density at radius 2 is 1.28 bits per heavy atom. The first-order valence-electron chi connectivity index (χ1n) is 10.5. The molecule has 0 radical (unpaired) electrons. The van der Waals surface area contributed by atoms with Crippen molar-refractivity contribution < 1.29 is 5.11 Å². The minimum Gasteiger partial charge on any atom is -0.507 e. The van der Waals surface area contributed by atoms with Gasteiger partial charge in [-0.15, -0.1) is 24.8 Å². The lowest BCUT2D eigenvalue weighted by Crippen LogP contribution is -2.17. The molecule has 3 aromatic rings. The Morgan fingerprint density at radius 1 is 0.812 bits per heavy atom. The van der Waals surface area contributed by atoms with E-state index in [2.05, 4.69) is 94.7 Å². The number of halogens is 2. The molecule has 2 aromatic carbocycles. The second-order valence-corrected chi connectivity index (χ2v) is 10.4. The number of anilines is 1. The molecule has 1 aromatic heterocycles. The average molecular weight is 479 g/mol. The highest BCUT2D eigenvalue weighted by Crippen LogP contribution is 2.42. The van der Waals surface area contributed by atoms with E-state index < -0.39 is 0 Å². The highest BCUT2D eigenvalue weighted by molar-refractivity contribution is 5.85. The second-order valence-electron chi connectivity index (χ2n) is 10.4. The van der Waals surface area contributed by atoms with Gasteiger partial charge in [0.1, 0.15) is 11.6 Å². The van der Waals surface area contributed by atoms with Crippen molar-refractivity contribution in [1.29, 1.82) is 0 Å². The van der Waals surface area contributed by atoms with Crippen LogP contribution in [0.25, 0.3) is 22.6 Å². The van der Waals surface area contributed by atoms with E-state index in [1.54, 1.807) is 0 Å². The van der Waals surface area contributed by atoms with Gasteiger partial charge in [0.05, 0.1) is 5.69 Å². The van der Waals surface area contributed by atoms with Crippen LogP contribution in [0.4, 0.5) is 5.69 Å². The lowest BCUT2D eigenvalue weighted by Gasteiger charge is -2.28. The Hall–Kier alpha value is -2.17. The first kappa shape index (κ1) is 27.9. The number of aromatic amines is 1. The van der Waals surface area contributed by atoms with Gasteiger partial charge in [-0.05, 0) is 42.0 Å². The quantitative estimate of drug-likeness (QED) is 0.417. The van der Waals surface area contributed by atoms with Crippen LogP contribution in [0.2, 0.25) is 0 Å². The highest BCUT2D eigenvalue weighted by atomic mass is 35.5. The molecule has 6 heteroatoms. The molecule has 0 fully saturated rings. The summed E-state index contributed by atoms with van der Waals surface area (Å²) >= 11 is 0. The zero-order chi connectivity index (χ0) is 22.4. The number of nitrogens with one attached hydrogen (secondary N) is 1. The number of imidazole rings is 1. The molecule has 0 saturated heterocycles. The maximum Gasteiger partial charge on any atom is 0.138 e. The highest BCUT2D eigenvalue weighted by Gasteiger charge is 2.27. The van der Waals surface area contributed by atoms with Gasteiger partial charge in [-0.2, -0.15) is 0 Å². The summed E-state index contributed by atoms with van der Waals surface area (Å²) in [4.78, 5) is 10.5. The van der Waals surface area contributed by atoms with Crippen molar-refractivity contribution in [1.82, 2.24) is 9.97 Å². The van der Waals surface area contributed by atoms with Crippen LogP contribution in [0, 0.1) is 6.92 Å². The minimum absolute atomic E-state index is 0. The summed E-state index contributed by atoms with van der Waals surface area (Å²) in [7, 11) is 4.08. The summed E-state index contributed by atoms with van der Waals surface area (Å²) in [5, 5.41) is 11.0. The molecule has 0 bridgehead atoms. The Bertz CT molecular complexity index is 1020. The van der Waals surface area contributed by atoms with Crippen molar-refractivity contribution >= 4 is 30.5 Å². The standard InChI is InChI=1S/C26H35N3O.2ClH/c1-16-22(17-10-12-19(13-11-17)29(8)9)28-24(27-16)18-14-20(25(2,3)4)23(30)21(15-18)26(5,6)7;;/h10-15,30H,1-9H3,(H,27,28);2*1H. The van der Waals surface area contributed by atoms with Crippen molar-refractivity contribution in [2.75, 3.05) is 19.0 Å². The summed E-state index contributed by atoms with van der Waals surface area (Å²) in [6, 6.07) is 12.6. The van der Waals surface area contributed by atoms with Crippen LogP contribution >= 0.6 is 24.8 Å². The smallest absolute Gasteiger partial charge is 0.138 e. The Morgan fingerprint density at radius 3 is 1.69 bits per heavy atom. The fourth-order valence-electron chi connectivity index (χ4n) is 3.71. The van der Waals surface area contributed by atoms with E-state index in [0.717, 1.165) is 45.2 Å². The van der Waals surface area contributed by atoms with Crippen molar-refractivity contribution in [3.8, 4) is 28.4 Å². The number of H-pyrrole nitrogens is 1. The number of hydrogen-bond acceptors (Lipinski definition) is 3. The van der Waals surface area contributed by atoms with Gasteiger partial charge in [-0.1, -0.05) is 53.7 Å². The minimum atomic E-state index is -0.174. The summed E-state index contributed by atoms with van der Waals surface area (Å²) in [6.45, 7) is 14.8. The van der Waals surface area contributed by atoms with E-state index in [0.29, 0.717) is 5.75 Å². The van der Waals surface area contributed by atoms with Crippen molar-refractivity contribution in [3.05, 3.63) is 53.2 Å². The van der Waals surface area contributed by atoms with E-state index >= 15 is 0 Å². The molecule has 3 rings (SSSR count). The van der Waals surface area contributed by atoms with Gasteiger partial charge in [0.2, 0.25) is 0 Å². The molecular formula is C26H37Cl2N3O. The number of phenolic OH excluding ortho intramolecular Hbond substituents is 1. The van der Waals surface area contributed by atoms with Gasteiger partial charge in [0.15, 0.2) is 0 Å². The van der Waals surface area contributed by atoms with E-state index in [1.807, 2.05) is 14.1 Å². The number of aromatic nitrogens is 2. The van der Waals surface area contributed by atoms with Gasteiger partial charge in [-0.3, -0.25) is 0 Å². The van der Waals surface area contributed by atoms with E-state index in [-0.39, 0.29) is 35.6 Å². The van der Waals surface area contributed by atoms with Crippen LogP contribution in [-0.4, -0.2) is 29.2 Å². The first-order chi connectivity index (χ1) is 13.8. The van der Waals surface area contributed by atoms with Gasteiger partial charge in [0, 0.05) is 47.7 Å². The zero-order valence-electron chi connectivity index (χ0n) is 20.6. The van der Waals surface area contributed by atoms with Crippen LogP contribution in [0.5, 0.6) is 5.75 Å². The molecule has 0 amide bonds. The summed E-state index contributed by atoms with van der Waals surface area (Å²) in [5.41, 5.74) is 6.78.